The first-order valence-electron chi connectivity index (χ1n) is 11.4. The number of hydrogen-bond acceptors (Lipinski definition) is 5. The van der Waals surface area contributed by atoms with E-state index in [0.29, 0.717) is 29.0 Å². The molecule has 2 aromatic carbocycles. The van der Waals surface area contributed by atoms with Crippen molar-refractivity contribution in [3.05, 3.63) is 74.6 Å². The second-order valence-corrected chi connectivity index (χ2v) is 11.1. The molecule has 0 saturated heterocycles. The molecule has 0 amide bonds. The van der Waals surface area contributed by atoms with Crippen molar-refractivity contribution in [3.8, 4) is 17.6 Å². The van der Waals surface area contributed by atoms with Crippen LogP contribution in [-0.2, 0) is 19.4 Å². The molecule has 3 aromatic rings. The minimum absolute atomic E-state index is 0.268. The molecule has 0 aliphatic heterocycles. The van der Waals surface area contributed by atoms with Crippen molar-refractivity contribution in [1.29, 1.82) is 5.26 Å². The average Bonchev–Trinajstić information content (AvgIpc) is 3.18. The maximum Gasteiger partial charge on any atom is 0.161 e. The van der Waals surface area contributed by atoms with E-state index in [1.165, 1.54) is 10.4 Å². The van der Waals surface area contributed by atoms with Crippen LogP contribution in [0.15, 0.2) is 47.5 Å². The van der Waals surface area contributed by atoms with Gasteiger partial charge >= 0.3 is 0 Å². The van der Waals surface area contributed by atoms with Crippen LogP contribution in [-0.4, -0.2) is 13.3 Å². The quantitative estimate of drug-likeness (QED) is 0.330. The lowest BCUT2D eigenvalue weighted by Crippen LogP contribution is -2.26. The summed E-state index contributed by atoms with van der Waals surface area (Å²) in [5.74, 6) is 1.89. The highest BCUT2D eigenvalue weighted by Gasteiger charge is 2.32. The Morgan fingerprint density at radius 3 is 2.71 bits per heavy atom. The summed E-state index contributed by atoms with van der Waals surface area (Å²) in [6.45, 7) is 7.26. The molecule has 176 valence electrons. The summed E-state index contributed by atoms with van der Waals surface area (Å²) in [5.41, 5.74) is 3.99. The lowest BCUT2D eigenvalue weighted by molar-refractivity contribution is 0.218. The molecule has 0 bridgehead atoms. The summed E-state index contributed by atoms with van der Waals surface area (Å²) in [5, 5.41) is 11.3. The van der Waals surface area contributed by atoms with Gasteiger partial charge in [0.15, 0.2) is 11.5 Å². The SMILES string of the molecule is COc1cc(C=Nc2sc3c(c2C#N)CC[C@H](C(C)(C)C)C3)ccc1OCc1ccccc1Cl. The fourth-order valence-electron chi connectivity index (χ4n) is 4.30. The topological polar surface area (TPSA) is 54.6 Å². The minimum atomic E-state index is 0.268. The Morgan fingerprint density at radius 2 is 2.00 bits per heavy atom. The van der Waals surface area contributed by atoms with E-state index >= 15 is 0 Å². The molecule has 0 saturated carbocycles. The summed E-state index contributed by atoms with van der Waals surface area (Å²) in [4.78, 5) is 6.02. The van der Waals surface area contributed by atoms with Gasteiger partial charge in [0.25, 0.3) is 0 Å². The Labute approximate surface area is 210 Å². The molecule has 0 fully saturated rings. The van der Waals surface area contributed by atoms with Crippen LogP contribution in [0.5, 0.6) is 11.5 Å². The van der Waals surface area contributed by atoms with Gasteiger partial charge < -0.3 is 9.47 Å². The fourth-order valence-corrected chi connectivity index (χ4v) is 5.72. The van der Waals surface area contributed by atoms with E-state index in [1.807, 2.05) is 42.5 Å². The van der Waals surface area contributed by atoms with E-state index in [-0.39, 0.29) is 5.41 Å². The standard InChI is InChI=1S/C28H29ClN2O2S/c1-28(2,3)20-10-11-21-22(15-30)27(34-26(21)14-20)31-16-18-9-12-24(25(13-18)32-4)33-17-19-7-5-6-8-23(19)29/h5-9,12-13,16,20H,10-11,14,17H2,1-4H3/t20-/m0/s1. The molecule has 0 unspecified atom stereocenters. The molecule has 1 atom stereocenters. The van der Waals surface area contributed by atoms with E-state index in [9.17, 15) is 5.26 Å². The molecule has 6 heteroatoms. The largest absolute Gasteiger partial charge is 0.493 e. The van der Waals surface area contributed by atoms with Gasteiger partial charge in [-0.2, -0.15) is 5.26 Å². The van der Waals surface area contributed by atoms with Crippen LogP contribution in [0.4, 0.5) is 5.00 Å². The molecule has 1 heterocycles. The first kappa shape index (κ1) is 24.3. The number of thiophene rings is 1. The van der Waals surface area contributed by atoms with Crippen molar-refractivity contribution >= 4 is 34.2 Å². The molecule has 1 aliphatic rings. The van der Waals surface area contributed by atoms with E-state index in [2.05, 4.69) is 26.8 Å². The zero-order valence-corrected chi connectivity index (χ0v) is 21.6. The number of nitrogens with zero attached hydrogens (tertiary/aromatic N) is 2. The zero-order valence-electron chi connectivity index (χ0n) is 20.0. The lowest BCUT2D eigenvalue weighted by Gasteiger charge is -2.33. The van der Waals surface area contributed by atoms with Crippen LogP contribution in [0.2, 0.25) is 5.02 Å². The van der Waals surface area contributed by atoms with E-state index < -0.39 is 0 Å². The first-order valence-corrected chi connectivity index (χ1v) is 12.6. The van der Waals surface area contributed by atoms with E-state index in [4.69, 9.17) is 26.1 Å². The van der Waals surface area contributed by atoms with Crippen LogP contribution >= 0.6 is 22.9 Å². The number of rotatable bonds is 6. The third-order valence-electron chi connectivity index (χ3n) is 6.44. The van der Waals surface area contributed by atoms with Gasteiger partial charge in [0.2, 0.25) is 0 Å². The Balaban J connectivity index is 1.52. The Hall–Kier alpha value is -2.81. The summed E-state index contributed by atoms with van der Waals surface area (Å²) in [6.07, 6.45) is 4.90. The van der Waals surface area contributed by atoms with Gasteiger partial charge in [0.05, 0.1) is 12.7 Å². The predicted molar refractivity (Wildman–Crippen MR) is 140 cm³/mol. The van der Waals surface area contributed by atoms with Gasteiger partial charge in [-0.1, -0.05) is 50.6 Å². The van der Waals surface area contributed by atoms with Gasteiger partial charge in [0, 0.05) is 21.7 Å². The second kappa shape index (κ2) is 10.2. The van der Waals surface area contributed by atoms with Crippen molar-refractivity contribution in [2.75, 3.05) is 7.11 Å². The summed E-state index contributed by atoms with van der Waals surface area (Å²) < 4.78 is 11.5. The highest BCUT2D eigenvalue weighted by atomic mass is 35.5. The Morgan fingerprint density at radius 1 is 1.21 bits per heavy atom. The third kappa shape index (κ3) is 5.29. The summed E-state index contributed by atoms with van der Waals surface area (Å²) in [7, 11) is 1.62. The van der Waals surface area contributed by atoms with Crippen LogP contribution < -0.4 is 9.47 Å². The maximum absolute atomic E-state index is 9.81. The van der Waals surface area contributed by atoms with Gasteiger partial charge in [-0.15, -0.1) is 11.3 Å². The van der Waals surface area contributed by atoms with Crippen LogP contribution in [0, 0.1) is 22.7 Å². The lowest BCUT2D eigenvalue weighted by atomic mass is 9.72. The van der Waals surface area contributed by atoms with Gasteiger partial charge in [-0.3, -0.25) is 0 Å². The molecule has 1 aromatic heterocycles. The molecular formula is C28H29ClN2O2S. The van der Waals surface area contributed by atoms with Gasteiger partial charge in [-0.25, -0.2) is 4.99 Å². The first-order chi connectivity index (χ1) is 16.3. The number of halogens is 1. The maximum atomic E-state index is 9.81. The Bertz CT molecular complexity index is 1250. The molecule has 34 heavy (non-hydrogen) atoms. The number of hydrogen-bond donors (Lipinski definition) is 0. The van der Waals surface area contributed by atoms with Crippen molar-refractivity contribution < 1.29 is 9.47 Å². The van der Waals surface area contributed by atoms with Crippen LogP contribution in [0.25, 0.3) is 0 Å². The molecule has 1 aliphatic carbocycles. The molecular weight excluding hydrogens is 464 g/mol. The van der Waals surface area contributed by atoms with Crippen molar-refractivity contribution in [2.45, 2.75) is 46.6 Å². The molecule has 0 radical (unpaired) electrons. The number of methoxy groups -OCH3 is 1. The van der Waals surface area contributed by atoms with Crippen LogP contribution in [0.1, 0.15) is 54.3 Å². The van der Waals surface area contributed by atoms with Crippen molar-refractivity contribution in [1.82, 2.24) is 0 Å². The van der Waals surface area contributed by atoms with Crippen LogP contribution in [0.3, 0.4) is 0 Å². The number of aliphatic imine (C=N–C) groups is 1. The molecule has 4 nitrogen and oxygen atoms in total. The monoisotopic (exact) mass is 492 g/mol. The van der Waals surface area contributed by atoms with E-state index in [0.717, 1.165) is 41.0 Å². The van der Waals surface area contributed by atoms with Gasteiger partial charge in [-0.05, 0) is 66.0 Å². The normalized spacial score (nSPS) is 15.7. The molecule has 0 spiro atoms. The van der Waals surface area contributed by atoms with Crippen molar-refractivity contribution in [2.24, 2.45) is 16.3 Å². The highest BCUT2D eigenvalue weighted by Crippen LogP contribution is 2.45. The number of fused-ring (bicyclic) bond motifs is 1. The highest BCUT2D eigenvalue weighted by molar-refractivity contribution is 7.16. The zero-order chi connectivity index (χ0) is 24.3. The Kier molecular flexibility index (Phi) is 7.30. The predicted octanol–water partition coefficient (Wildman–Crippen LogP) is 7.76. The summed E-state index contributed by atoms with van der Waals surface area (Å²) >= 11 is 7.89. The number of ether oxygens (including phenoxy) is 2. The minimum Gasteiger partial charge on any atom is -0.493 e. The fraction of sp³-hybridized carbons (Fsp3) is 0.357. The average molecular weight is 493 g/mol. The smallest absolute Gasteiger partial charge is 0.161 e. The molecule has 0 N–H and O–H groups in total. The van der Waals surface area contributed by atoms with Gasteiger partial charge in [0.1, 0.15) is 17.7 Å². The number of benzene rings is 2. The van der Waals surface area contributed by atoms with E-state index in [1.54, 1.807) is 24.7 Å². The summed E-state index contributed by atoms with van der Waals surface area (Å²) in [6, 6.07) is 15.7. The third-order valence-corrected chi connectivity index (χ3v) is 7.97. The van der Waals surface area contributed by atoms with Crippen molar-refractivity contribution in [3.63, 3.8) is 0 Å². The second-order valence-electron chi connectivity index (χ2n) is 9.65. The molecule has 4 rings (SSSR count). The number of nitriles is 1.